The van der Waals surface area contributed by atoms with Gasteiger partial charge in [-0.2, -0.15) is 0 Å². The molecule has 1 amide bonds. The molecule has 3 aliphatic rings. The normalized spacial score (nSPS) is 25.5. The molecule has 1 aromatic heterocycles. The maximum atomic E-state index is 12.8. The third-order valence-electron chi connectivity index (χ3n) is 5.30. The van der Waals surface area contributed by atoms with Crippen molar-refractivity contribution < 1.29 is 14.3 Å². The first-order valence-corrected chi connectivity index (χ1v) is 9.93. The van der Waals surface area contributed by atoms with Crippen molar-refractivity contribution >= 4 is 17.7 Å². The van der Waals surface area contributed by atoms with Crippen molar-refractivity contribution in [2.75, 3.05) is 18.8 Å². The Morgan fingerprint density at radius 2 is 2.15 bits per heavy atom. The first kappa shape index (κ1) is 16.0. The quantitative estimate of drug-likeness (QED) is 0.833. The Hall–Kier alpha value is -2.21. The summed E-state index contributed by atoms with van der Waals surface area (Å²) < 4.78 is 12.0. The van der Waals surface area contributed by atoms with Gasteiger partial charge in [0.15, 0.2) is 6.10 Å². The van der Waals surface area contributed by atoms with Gasteiger partial charge in [0, 0.05) is 37.9 Å². The van der Waals surface area contributed by atoms with Crippen molar-refractivity contribution in [2.45, 2.75) is 29.8 Å². The first-order valence-electron chi connectivity index (χ1n) is 8.95. The number of carbonyl (C=O) groups is 1. The van der Waals surface area contributed by atoms with E-state index in [1.807, 2.05) is 53.1 Å². The number of pyridine rings is 1. The lowest BCUT2D eigenvalue weighted by molar-refractivity contribution is -0.143. The lowest BCUT2D eigenvalue weighted by Gasteiger charge is -2.48. The number of hydrogen-bond donors (Lipinski definition) is 0. The second kappa shape index (κ2) is 6.20. The lowest BCUT2D eigenvalue weighted by Crippen LogP contribution is -2.63. The molecule has 2 saturated heterocycles. The zero-order valence-corrected chi connectivity index (χ0v) is 15.2. The number of carbonyl (C=O) groups excluding carboxylic acids is 1. The predicted octanol–water partition coefficient (Wildman–Crippen LogP) is 2.55. The van der Waals surface area contributed by atoms with E-state index < -0.39 is 0 Å². The average molecular weight is 368 g/mol. The van der Waals surface area contributed by atoms with E-state index in [9.17, 15) is 4.79 Å². The zero-order chi connectivity index (χ0) is 17.6. The summed E-state index contributed by atoms with van der Waals surface area (Å²) in [6, 6.07) is 11.7. The maximum Gasteiger partial charge on any atom is 0.264 e. The van der Waals surface area contributed by atoms with Gasteiger partial charge >= 0.3 is 0 Å². The van der Waals surface area contributed by atoms with Gasteiger partial charge in [-0.25, -0.2) is 0 Å². The van der Waals surface area contributed by atoms with Crippen molar-refractivity contribution in [1.82, 2.24) is 9.88 Å². The Labute approximate surface area is 156 Å². The van der Waals surface area contributed by atoms with Crippen molar-refractivity contribution in [2.24, 2.45) is 0 Å². The number of thioether (sulfide) groups is 1. The smallest absolute Gasteiger partial charge is 0.264 e. The van der Waals surface area contributed by atoms with Crippen LogP contribution in [0.2, 0.25) is 0 Å². The number of para-hydroxylation sites is 1. The molecule has 3 aliphatic heterocycles. The molecule has 2 aromatic rings. The van der Waals surface area contributed by atoms with E-state index in [0.717, 1.165) is 42.3 Å². The Balaban J connectivity index is 1.16. The molecule has 5 nitrogen and oxygen atoms in total. The Kier molecular flexibility index (Phi) is 3.81. The summed E-state index contributed by atoms with van der Waals surface area (Å²) in [5.41, 5.74) is 1.13. The molecule has 2 atom stereocenters. The topological polar surface area (TPSA) is 51.7 Å². The number of likely N-dealkylation sites (tertiary alicyclic amines) is 1. The van der Waals surface area contributed by atoms with E-state index in [2.05, 4.69) is 4.98 Å². The van der Waals surface area contributed by atoms with Gasteiger partial charge in [-0.15, -0.1) is 11.8 Å². The number of rotatable bonds is 3. The largest absolute Gasteiger partial charge is 0.488 e. The van der Waals surface area contributed by atoms with Crippen molar-refractivity contribution in [3.8, 4) is 11.5 Å². The molecule has 134 valence electrons. The molecule has 1 spiro atoms. The van der Waals surface area contributed by atoms with Crippen LogP contribution in [0.15, 0.2) is 48.8 Å². The molecule has 6 heteroatoms. The second-order valence-corrected chi connectivity index (χ2v) is 8.73. The highest BCUT2D eigenvalue weighted by molar-refractivity contribution is 8.01. The minimum Gasteiger partial charge on any atom is -0.488 e. The van der Waals surface area contributed by atoms with Gasteiger partial charge in [0.2, 0.25) is 0 Å². The number of benzene rings is 1. The van der Waals surface area contributed by atoms with Crippen LogP contribution in [0.25, 0.3) is 0 Å². The van der Waals surface area contributed by atoms with Crippen LogP contribution in [0.5, 0.6) is 11.5 Å². The number of hydrogen-bond acceptors (Lipinski definition) is 5. The molecule has 0 unspecified atom stereocenters. The molecule has 0 radical (unpaired) electrons. The van der Waals surface area contributed by atoms with Gasteiger partial charge in [-0.1, -0.05) is 18.2 Å². The summed E-state index contributed by atoms with van der Waals surface area (Å²) in [6.07, 6.45) is 4.98. The molecule has 1 aromatic carbocycles. The van der Waals surface area contributed by atoms with Crippen molar-refractivity contribution in [1.29, 1.82) is 0 Å². The van der Waals surface area contributed by atoms with Crippen LogP contribution in [0.3, 0.4) is 0 Å². The maximum absolute atomic E-state index is 12.8. The summed E-state index contributed by atoms with van der Waals surface area (Å²) in [5.74, 6) is 2.74. The van der Waals surface area contributed by atoms with Crippen LogP contribution in [0.1, 0.15) is 12.0 Å². The van der Waals surface area contributed by atoms with E-state index in [1.54, 1.807) is 12.4 Å². The summed E-state index contributed by atoms with van der Waals surface area (Å²) >= 11 is 1.93. The third kappa shape index (κ3) is 2.82. The molecule has 4 heterocycles. The van der Waals surface area contributed by atoms with Gasteiger partial charge in [0.05, 0.1) is 10.9 Å². The van der Waals surface area contributed by atoms with Crippen LogP contribution in [-0.2, 0) is 11.2 Å². The highest BCUT2D eigenvalue weighted by Gasteiger charge is 2.52. The Morgan fingerprint density at radius 3 is 2.96 bits per heavy atom. The average Bonchev–Trinajstić information content (AvgIpc) is 3.25. The summed E-state index contributed by atoms with van der Waals surface area (Å²) in [5, 5.41) is 0. The van der Waals surface area contributed by atoms with Crippen LogP contribution >= 0.6 is 11.8 Å². The number of ether oxygens (including phenoxy) is 2. The van der Waals surface area contributed by atoms with E-state index >= 15 is 0 Å². The summed E-state index contributed by atoms with van der Waals surface area (Å²) in [6.45, 7) is 1.58. The minimum absolute atomic E-state index is 0.115. The summed E-state index contributed by atoms with van der Waals surface area (Å²) in [7, 11) is 0. The van der Waals surface area contributed by atoms with Gasteiger partial charge in [0.1, 0.15) is 17.6 Å². The Bertz CT molecular complexity index is 798. The predicted molar refractivity (Wildman–Crippen MR) is 99.6 cm³/mol. The number of fused-ring (bicyclic) bond motifs is 1. The number of amides is 1. The molecule has 0 bridgehead atoms. The van der Waals surface area contributed by atoms with Crippen LogP contribution < -0.4 is 9.47 Å². The zero-order valence-electron chi connectivity index (χ0n) is 14.3. The first-order chi connectivity index (χ1) is 12.7. The molecule has 26 heavy (non-hydrogen) atoms. The second-order valence-electron chi connectivity index (χ2n) is 7.24. The van der Waals surface area contributed by atoms with Gasteiger partial charge in [0.25, 0.3) is 5.91 Å². The van der Waals surface area contributed by atoms with E-state index in [0.29, 0.717) is 6.42 Å². The lowest BCUT2D eigenvalue weighted by atomic mass is 9.92. The summed E-state index contributed by atoms with van der Waals surface area (Å²) in [4.78, 5) is 18.8. The number of nitrogens with zero attached hydrogens (tertiary/aromatic N) is 2. The fraction of sp³-hybridized carbons (Fsp3) is 0.400. The van der Waals surface area contributed by atoms with Gasteiger partial charge in [-0.3, -0.25) is 9.78 Å². The SMILES string of the molecule is O=C([C@@H]1Cc2ccccc2O1)N1CC2(C[C@H](Oc3cccnc3)CS2)C1. The molecular formula is C20H20N2O3S. The molecule has 2 fully saturated rings. The van der Waals surface area contributed by atoms with Gasteiger partial charge in [-0.05, 0) is 23.8 Å². The van der Waals surface area contributed by atoms with Crippen LogP contribution in [0.4, 0.5) is 0 Å². The van der Waals surface area contributed by atoms with Crippen LogP contribution in [-0.4, -0.2) is 51.6 Å². The Morgan fingerprint density at radius 1 is 1.27 bits per heavy atom. The van der Waals surface area contributed by atoms with Gasteiger partial charge < -0.3 is 14.4 Å². The molecule has 5 rings (SSSR count). The fourth-order valence-corrected chi connectivity index (χ4v) is 5.56. The number of aromatic nitrogens is 1. The highest BCUT2D eigenvalue weighted by Crippen LogP contribution is 2.46. The fourth-order valence-electron chi connectivity index (χ4n) is 4.04. The monoisotopic (exact) mass is 368 g/mol. The molecule has 0 N–H and O–H groups in total. The molecule has 0 saturated carbocycles. The van der Waals surface area contributed by atoms with Crippen molar-refractivity contribution in [3.05, 3.63) is 54.4 Å². The third-order valence-corrected chi connectivity index (χ3v) is 6.88. The molecular weight excluding hydrogens is 348 g/mol. The van der Waals surface area contributed by atoms with Crippen molar-refractivity contribution in [3.63, 3.8) is 0 Å². The van der Waals surface area contributed by atoms with Crippen LogP contribution in [0, 0.1) is 0 Å². The standard InChI is InChI=1S/C20H20N2O3S/c23-19(18-8-14-4-1-2-6-17(14)25-18)22-12-20(13-22)9-16(11-26-20)24-15-5-3-7-21-10-15/h1-7,10,16,18H,8-9,11-13H2/t16-,18-/m0/s1. The van der Waals surface area contributed by atoms with E-state index in [-0.39, 0.29) is 22.9 Å². The molecule has 0 aliphatic carbocycles. The minimum atomic E-state index is -0.362. The van der Waals surface area contributed by atoms with E-state index in [4.69, 9.17) is 9.47 Å². The highest BCUT2D eigenvalue weighted by atomic mass is 32.2. The van der Waals surface area contributed by atoms with E-state index in [1.165, 1.54) is 0 Å².